The Kier molecular flexibility index (Phi) is 4.04. The van der Waals surface area contributed by atoms with E-state index in [-0.39, 0.29) is 12.0 Å². The Balaban J connectivity index is 1.62. The normalized spacial score (nSPS) is 17.4. The van der Waals surface area contributed by atoms with E-state index >= 15 is 0 Å². The second-order valence-electron chi connectivity index (χ2n) is 6.02. The summed E-state index contributed by atoms with van der Waals surface area (Å²) in [6, 6.07) is 11.3. The molecule has 2 aromatic heterocycles. The minimum Gasteiger partial charge on any atom is -0.467 e. The van der Waals surface area contributed by atoms with Crippen molar-refractivity contribution in [2.75, 3.05) is 13.2 Å². The van der Waals surface area contributed by atoms with Crippen molar-refractivity contribution in [1.82, 2.24) is 15.1 Å². The lowest BCUT2D eigenvalue weighted by Gasteiger charge is -2.24. The molecular formula is C18H19N3O3. The number of para-hydroxylation sites is 1. The molecular weight excluding hydrogens is 306 g/mol. The standard InChI is InChI=1S/C18H19N3O3/c22-18(17-15-7-1-2-8-16(15)19-20-17)21(11-13-5-3-9-23-13)12-14-6-4-10-24-14/h1-3,5,7-9,14H,4,6,10-12H2,(H,19,20)/t14-/m1/s1. The van der Waals surface area contributed by atoms with Gasteiger partial charge < -0.3 is 14.1 Å². The molecule has 1 aliphatic heterocycles. The molecule has 0 radical (unpaired) electrons. The highest BCUT2D eigenvalue weighted by Crippen LogP contribution is 2.21. The summed E-state index contributed by atoms with van der Waals surface area (Å²) in [5.41, 5.74) is 1.30. The molecule has 1 N–H and O–H groups in total. The first-order valence-electron chi connectivity index (χ1n) is 8.17. The number of aromatic amines is 1. The van der Waals surface area contributed by atoms with Crippen LogP contribution in [0.15, 0.2) is 47.1 Å². The van der Waals surface area contributed by atoms with Crippen molar-refractivity contribution in [1.29, 1.82) is 0 Å². The summed E-state index contributed by atoms with van der Waals surface area (Å²) in [6.45, 7) is 1.71. The molecule has 0 aliphatic carbocycles. The molecule has 1 atom stereocenters. The second kappa shape index (κ2) is 6.49. The number of ether oxygens (including phenoxy) is 1. The SMILES string of the molecule is O=C(c1n[nH]c2ccccc12)N(Cc1ccco1)C[C@H]1CCCO1. The van der Waals surface area contributed by atoms with Crippen LogP contribution in [0.5, 0.6) is 0 Å². The molecule has 24 heavy (non-hydrogen) atoms. The Hall–Kier alpha value is -2.60. The Morgan fingerprint density at radius 1 is 1.29 bits per heavy atom. The highest BCUT2D eigenvalue weighted by molar-refractivity contribution is 6.04. The summed E-state index contributed by atoms with van der Waals surface area (Å²) in [6.07, 6.45) is 3.71. The third-order valence-corrected chi connectivity index (χ3v) is 4.33. The van der Waals surface area contributed by atoms with Crippen molar-refractivity contribution < 1.29 is 13.9 Å². The zero-order chi connectivity index (χ0) is 16.4. The summed E-state index contributed by atoms with van der Waals surface area (Å²) >= 11 is 0. The van der Waals surface area contributed by atoms with Crippen molar-refractivity contribution in [3.05, 3.63) is 54.1 Å². The quantitative estimate of drug-likeness (QED) is 0.783. The first-order valence-corrected chi connectivity index (χ1v) is 8.17. The highest BCUT2D eigenvalue weighted by atomic mass is 16.5. The molecule has 0 unspecified atom stereocenters. The van der Waals surface area contributed by atoms with Gasteiger partial charge in [0.05, 0.1) is 24.4 Å². The average Bonchev–Trinajstić information content (AvgIpc) is 3.35. The Morgan fingerprint density at radius 2 is 2.21 bits per heavy atom. The molecule has 1 amide bonds. The van der Waals surface area contributed by atoms with Gasteiger partial charge in [-0.05, 0) is 31.0 Å². The molecule has 6 nitrogen and oxygen atoms in total. The zero-order valence-corrected chi connectivity index (χ0v) is 13.3. The lowest BCUT2D eigenvalue weighted by atomic mass is 10.1. The fraction of sp³-hybridized carbons (Fsp3) is 0.333. The van der Waals surface area contributed by atoms with Crippen LogP contribution in [0, 0.1) is 0 Å². The number of furan rings is 1. The molecule has 6 heteroatoms. The van der Waals surface area contributed by atoms with E-state index in [1.165, 1.54) is 0 Å². The first-order chi connectivity index (χ1) is 11.8. The third kappa shape index (κ3) is 2.92. The van der Waals surface area contributed by atoms with E-state index in [2.05, 4.69) is 10.2 Å². The van der Waals surface area contributed by atoms with E-state index in [1.807, 2.05) is 36.4 Å². The predicted molar refractivity (Wildman–Crippen MR) is 88.5 cm³/mol. The van der Waals surface area contributed by atoms with Gasteiger partial charge in [-0.3, -0.25) is 9.89 Å². The summed E-state index contributed by atoms with van der Waals surface area (Å²) in [4.78, 5) is 14.8. The highest BCUT2D eigenvalue weighted by Gasteiger charge is 2.26. The predicted octanol–water partition coefficient (Wildman–Crippen LogP) is 2.98. The molecule has 0 spiro atoms. The van der Waals surface area contributed by atoms with Crippen molar-refractivity contribution in [2.45, 2.75) is 25.5 Å². The summed E-state index contributed by atoms with van der Waals surface area (Å²) in [5.74, 6) is 0.639. The van der Waals surface area contributed by atoms with E-state index in [4.69, 9.17) is 9.15 Å². The van der Waals surface area contributed by atoms with Crippen LogP contribution in [-0.2, 0) is 11.3 Å². The number of carbonyl (C=O) groups is 1. The summed E-state index contributed by atoms with van der Waals surface area (Å²) in [5, 5.41) is 7.99. The van der Waals surface area contributed by atoms with Gasteiger partial charge in [-0.15, -0.1) is 0 Å². The average molecular weight is 325 g/mol. The van der Waals surface area contributed by atoms with Gasteiger partial charge in [-0.25, -0.2) is 0 Å². The van der Waals surface area contributed by atoms with Gasteiger partial charge in [-0.2, -0.15) is 5.10 Å². The fourth-order valence-electron chi connectivity index (χ4n) is 3.12. The molecule has 3 aromatic rings. The van der Waals surface area contributed by atoms with Crippen LogP contribution in [0.1, 0.15) is 29.1 Å². The number of nitrogens with zero attached hydrogens (tertiary/aromatic N) is 2. The minimum absolute atomic E-state index is 0.0779. The smallest absolute Gasteiger partial charge is 0.275 e. The Labute approximate surface area is 139 Å². The van der Waals surface area contributed by atoms with Crippen LogP contribution in [-0.4, -0.2) is 40.3 Å². The number of fused-ring (bicyclic) bond motifs is 1. The molecule has 1 aromatic carbocycles. The summed E-state index contributed by atoms with van der Waals surface area (Å²) < 4.78 is 11.1. The minimum atomic E-state index is -0.112. The van der Waals surface area contributed by atoms with Gasteiger partial charge in [-0.1, -0.05) is 18.2 Å². The van der Waals surface area contributed by atoms with E-state index in [9.17, 15) is 4.79 Å². The second-order valence-corrected chi connectivity index (χ2v) is 6.02. The van der Waals surface area contributed by atoms with Gasteiger partial charge >= 0.3 is 0 Å². The van der Waals surface area contributed by atoms with E-state index < -0.39 is 0 Å². The van der Waals surface area contributed by atoms with Gasteiger partial charge in [0.2, 0.25) is 0 Å². The number of carbonyl (C=O) groups excluding carboxylic acids is 1. The molecule has 0 saturated carbocycles. The molecule has 124 valence electrons. The fourth-order valence-corrected chi connectivity index (χ4v) is 3.12. The van der Waals surface area contributed by atoms with Crippen LogP contribution >= 0.6 is 0 Å². The van der Waals surface area contributed by atoms with Crippen LogP contribution in [0.25, 0.3) is 10.9 Å². The summed E-state index contributed by atoms with van der Waals surface area (Å²) in [7, 11) is 0. The van der Waals surface area contributed by atoms with Crippen LogP contribution in [0.2, 0.25) is 0 Å². The number of benzene rings is 1. The number of aromatic nitrogens is 2. The topological polar surface area (TPSA) is 71.4 Å². The Morgan fingerprint density at radius 3 is 3.00 bits per heavy atom. The Bertz CT molecular complexity index is 819. The number of hydrogen-bond donors (Lipinski definition) is 1. The van der Waals surface area contributed by atoms with E-state index in [0.29, 0.717) is 18.8 Å². The number of nitrogens with one attached hydrogen (secondary N) is 1. The maximum absolute atomic E-state index is 13.1. The largest absolute Gasteiger partial charge is 0.467 e. The van der Waals surface area contributed by atoms with Gasteiger partial charge in [0, 0.05) is 18.5 Å². The van der Waals surface area contributed by atoms with Gasteiger partial charge in [0.15, 0.2) is 5.69 Å². The first kappa shape index (κ1) is 15.0. The van der Waals surface area contributed by atoms with Crippen molar-refractivity contribution in [3.8, 4) is 0 Å². The van der Waals surface area contributed by atoms with Crippen molar-refractivity contribution in [2.24, 2.45) is 0 Å². The number of hydrogen-bond acceptors (Lipinski definition) is 4. The maximum atomic E-state index is 13.1. The van der Waals surface area contributed by atoms with Gasteiger partial charge in [0.1, 0.15) is 5.76 Å². The van der Waals surface area contributed by atoms with Gasteiger partial charge in [0.25, 0.3) is 5.91 Å². The molecule has 1 aliphatic rings. The molecule has 1 saturated heterocycles. The number of amides is 1. The molecule has 3 heterocycles. The lowest BCUT2D eigenvalue weighted by molar-refractivity contribution is 0.0488. The van der Waals surface area contributed by atoms with Crippen LogP contribution in [0.4, 0.5) is 0 Å². The number of rotatable bonds is 5. The number of H-pyrrole nitrogens is 1. The third-order valence-electron chi connectivity index (χ3n) is 4.33. The lowest BCUT2D eigenvalue weighted by Crippen LogP contribution is -2.37. The molecule has 4 rings (SSSR count). The zero-order valence-electron chi connectivity index (χ0n) is 13.3. The van der Waals surface area contributed by atoms with E-state index in [1.54, 1.807) is 11.2 Å². The van der Waals surface area contributed by atoms with E-state index in [0.717, 1.165) is 36.1 Å². The van der Waals surface area contributed by atoms with Crippen molar-refractivity contribution >= 4 is 16.8 Å². The molecule has 1 fully saturated rings. The van der Waals surface area contributed by atoms with Crippen LogP contribution < -0.4 is 0 Å². The van der Waals surface area contributed by atoms with Crippen molar-refractivity contribution in [3.63, 3.8) is 0 Å². The monoisotopic (exact) mass is 325 g/mol. The maximum Gasteiger partial charge on any atom is 0.275 e. The van der Waals surface area contributed by atoms with Crippen LogP contribution in [0.3, 0.4) is 0 Å². The molecule has 0 bridgehead atoms.